The predicted octanol–water partition coefficient (Wildman–Crippen LogP) is 3.93. The third-order valence-corrected chi connectivity index (χ3v) is 8.16. The third-order valence-electron chi connectivity index (χ3n) is 6.65. The normalized spacial score (nSPS) is 20.9. The summed E-state index contributed by atoms with van der Waals surface area (Å²) in [6, 6.07) is 11.3. The maximum atomic E-state index is 13.3. The molecule has 0 spiro atoms. The van der Waals surface area contributed by atoms with Crippen molar-refractivity contribution in [2.45, 2.75) is 56.4 Å². The Morgan fingerprint density at radius 2 is 1.85 bits per heavy atom. The summed E-state index contributed by atoms with van der Waals surface area (Å²) < 4.78 is 34.6. The summed E-state index contributed by atoms with van der Waals surface area (Å²) in [5.41, 5.74) is 1.31. The van der Waals surface area contributed by atoms with Crippen LogP contribution in [-0.2, 0) is 14.8 Å². The van der Waals surface area contributed by atoms with Crippen LogP contribution in [0.2, 0.25) is 0 Å². The molecule has 1 heterocycles. The quantitative estimate of drug-likeness (QED) is 0.618. The van der Waals surface area contributed by atoms with Crippen LogP contribution in [0.3, 0.4) is 0 Å². The van der Waals surface area contributed by atoms with Gasteiger partial charge in [0.25, 0.3) is 5.91 Å². The summed E-state index contributed by atoms with van der Waals surface area (Å²) in [6.45, 7) is 2.65. The number of nitrogens with one attached hydrogen (secondary N) is 2. The van der Waals surface area contributed by atoms with Gasteiger partial charge in [-0.15, -0.1) is 0 Å². The van der Waals surface area contributed by atoms with E-state index in [1.165, 1.54) is 25.3 Å². The lowest BCUT2D eigenvalue weighted by Gasteiger charge is -2.29. The molecule has 2 unspecified atom stereocenters. The van der Waals surface area contributed by atoms with Crippen LogP contribution in [0.25, 0.3) is 0 Å². The topological polar surface area (TPSA) is 105 Å². The second-order valence-corrected chi connectivity index (χ2v) is 10.7. The van der Waals surface area contributed by atoms with Crippen molar-refractivity contribution in [3.05, 3.63) is 48.0 Å². The van der Waals surface area contributed by atoms with E-state index >= 15 is 0 Å². The Morgan fingerprint density at radius 3 is 2.56 bits per heavy atom. The van der Waals surface area contributed by atoms with Gasteiger partial charge in [0.2, 0.25) is 15.9 Å². The van der Waals surface area contributed by atoms with E-state index in [2.05, 4.69) is 17.0 Å². The van der Waals surface area contributed by atoms with E-state index < -0.39 is 15.9 Å². The molecule has 0 bridgehead atoms. The Morgan fingerprint density at radius 1 is 1.09 bits per heavy atom. The van der Waals surface area contributed by atoms with Crippen LogP contribution in [0, 0.1) is 5.92 Å². The van der Waals surface area contributed by atoms with Gasteiger partial charge in [-0.3, -0.25) is 9.59 Å². The molecule has 2 N–H and O–H groups in total. The molecule has 1 saturated carbocycles. The molecule has 4 rings (SSSR count). The first-order valence-corrected chi connectivity index (χ1v) is 13.2. The average molecular weight is 486 g/mol. The first-order valence-electron chi connectivity index (χ1n) is 11.7. The zero-order valence-corrected chi connectivity index (χ0v) is 20.4. The van der Waals surface area contributed by atoms with E-state index in [-0.39, 0.29) is 34.1 Å². The Labute approximate surface area is 200 Å². The molecule has 182 valence electrons. The van der Waals surface area contributed by atoms with Crippen molar-refractivity contribution in [3.8, 4) is 5.75 Å². The van der Waals surface area contributed by atoms with Crippen molar-refractivity contribution < 1.29 is 22.7 Å². The first kappa shape index (κ1) is 24.2. The minimum absolute atomic E-state index is 0.0162. The second kappa shape index (κ2) is 10.1. The molecule has 1 aliphatic carbocycles. The molecule has 1 aliphatic heterocycles. The summed E-state index contributed by atoms with van der Waals surface area (Å²) in [6.07, 6.45) is 5.10. The van der Waals surface area contributed by atoms with Crippen LogP contribution in [0.1, 0.15) is 55.8 Å². The Balaban J connectivity index is 1.60. The molecule has 2 aromatic rings. The lowest BCUT2D eigenvalue weighted by Crippen LogP contribution is -2.41. The molecule has 0 aromatic heterocycles. The van der Waals surface area contributed by atoms with Crippen molar-refractivity contribution in [3.63, 3.8) is 0 Å². The number of rotatable bonds is 7. The standard InChI is InChI=1S/C25H31N3O5S/c1-17-8-3-4-9-19(17)27-34(31,32)23-16-18(13-14-22(23)33-2)25(30)26-20-10-5-6-11-21(20)28-15-7-12-24(28)29/h5-6,10-11,13-14,16-17,19,27H,3-4,7-9,12,15H2,1-2H3,(H,26,30). The van der Waals surface area contributed by atoms with Crippen LogP contribution >= 0.6 is 0 Å². The minimum atomic E-state index is -3.90. The van der Waals surface area contributed by atoms with Gasteiger partial charge in [0.1, 0.15) is 10.6 Å². The molecule has 0 radical (unpaired) electrons. The highest BCUT2D eigenvalue weighted by Gasteiger charge is 2.30. The molecule has 34 heavy (non-hydrogen) atoms. The molecule has 2 fully saturated rings. The summed E-state index contributed by atoms with van der Waals surface area (Å²) in [7, 11) is -2.50. The number of methoxy groups -OCH3 is 1. The molecule has 1 saturated heterocycles. The molecular formula is C25H31N3O5S. The van der Waals surface area contributed by atoms with E-state index in [4.69, 9.17) is 4.74 Å². The van der Waals surface area contributed by atoms with Gasteiger partial charge < -0.3 is 15.0 Å². The van der Waals surface area contributed by atoms with Crippen molar-refractivity contribution in [2.75, 3.05) is 23.9 Å². The largest absolute Gasteiger partial charge is 0.495 e. The molecule has 2 atom stereocenters. The van der Waals surface area contributed by atoms with Gasteiger partial charge in [0.05, 0.1) is 18.5 Å². The summed E-state index contributed by atoms with van der Waals surface area (Å²) in [5, 5.41) is 2.84. The van der Waals surface area contributed by atoms with Crippen LogP contribution in [0.4, 0.5) is 11.4 Å². The second-order valence-electron chi connectivity index (χ2n) is 8.98. The summed E-state index contributed by atoms with van der Waals surface area (Å²) in [4.78, 5) is 26.9. The lowest BCUT2D eigenvalue weighted by molar-refractivity contribution is -0.117. The van der Waals surface area contributed by atoms with Gasteiger partial charge in [-0.05, 0) is 55.5 Å². The molecule has 2 aliphatic rings. The van der Waals surface area contributed by atoms with E-state index in [1.807, 2.05) is 6.07 Å². The maximum absolute atomic E-state index is 13.3. The van der Waals surface area contributed by atoms with Crippen molar-refractivity contribution in [1.82, 2.24) is 4.72 Å². The van der Waals surface area contributed by atoms with E-state index in [1.54, 1.807) is 23.1 Å². The highest BCUT2D eigenvalue weighted by molar-refractivity contribution is 7.89. The van der Waals surface area contributed by atoms with Crippen molar-refractivity contribution in [2.24, 2.45) is 5.92 Å². The molecule has 2 amide bonds. The zero-order chi connectivity index (χ0) is 24.3. The van der Waals surface area contributed by atoms with Gasteiger partial charge in [-0.1, -0.05) is 31.9 Å². The Hall–Kier alpha value is -2.91. The smallest absolute Gasteiger partial charge is 0.255 e. The first-order chi connectivity index (χ1) is 16.3. The Kier molecular flexibility index (Phi) is 7.23. The van der Waals surface area contributed by atoms with Crippen molar-refractivity contribution in [1.29, 1.82) is 0 Å². The molecule has 9 heteroatoms. The van der Waals surface area contributed by atoms with Crippen LogP contribution in [0.5, 0.6) is 5.75 Å². The van der Waals surface area contributed by atoms with Crippen molar-refractivity contribution >= 4 is 33.2 Å². The van der Waals surface area contributed by atoms with Gasteiger partial charge in [-0.2, -0.15) is 0 Å². The molecule has 8 nitrogen and oxygen atoms in total. The number of ether oxygens (including phenoxy) is 1. The lowest BCUT2D eigenvalue weighted by atomic mass is 9.87. The van der Waals surface area contributed by atoms with Crippen LogP contribution in [0.15, 0.2) is 47.4 Å². The molecular weight excluding hydrogens is 454 g/mol. The molecule has 2 aromatic carbocycles. The monoisotopic (exact) mass is 485 g/mol. The van der Waals surface area contributed by atoms with Crippen LogP contribution in [-0.4, -0.2) is 39.9 Å². The number of hydrogen-bond donors (Lipinski definition) is 2. The number of carbonyl (C=O) groups is 2. The van der Waals surface area contributed by atoms with E-state index in [9.17, 15) is 18.0 Å². The summed E-state index contributed by atoms with van der Waals surface area (Å²) >= 11 is 0. The van der Waals surface area contributed by atoms with Gasteiger partial charge >= 0.3 is 0 Å². The number of nitrogens with zero attached hydrogens (tertiary/aromatic N) is 1. The predicted molar refractivity (Wildman–Crippen MR) is 131 cm³/mol. The number of benzene rings is 2. The zero-order valence-electron chi connectivity index (χ0n) is 19.5. The number of para-hydroxylation sites is 2. The SMILES string of the molecule is COc1ccc(C(=O)Nc2ccccc2N2CCCC2=O)cc1S(=O)(=O)NC1CCCCC1C. The van der Waals surface area contributed by atoms with Gasteiger partial charge in [0.15, 0.2) is 0 Å². The third kappa shape index (κ3) is 5.10. The fraction of sp³-hybridized carbons (Fsp3) is 0.440. The average Bonchev–Trinajstić information content (AvgIpc) is 3.26. The number of sulfonamides is 1. The van der Waals surface area contributed by atoms with E-state index in [0.29, 0.717) is 24.3 Å². The fourth-order valence-electron chi connectivity index (χ4n) is 4.69. The number of anilines is 2. The highest BCUT2D eigenvalue weighted by atomic mass is 32.2. The Bertz CT molecular complexity index is 1180. The number of carbonyl (C=O) groups excluding carboxylic acids is 2. The fourth-order valence-corrected chi connectivity index (χ4v) is 6.27. The number of hydrogen-bond acceptors (Lipinski definition) is 5. The summed E-state index contributed by atoms with van der Waals surface area (Å²) in [5.74, 6) is -0.0341. The highest BCUT2D eigenvalue weighted by Crippen LogP contribution is 2.31. The van der Waals surface area contributed by atoms with Gasteiger partial charge in [-0.25, -0.2) is 13.1 Å². The maximum Gasteiger partial charge on any atom is 0.255 e. The van der Waals surface area contributed by atoms with Crippen LogP contribution < -0.4 is 19.7 Å². The minimum Gasteiger partial charge on any atom is -0.495 e. The number of amides is 2. The van der Waals surface area contributed by atoms with Gasteiger partial charge in [0, 0.05) is 24.6 Å². The van der Waals surface area contributed by atoms with E-state index in [0.717, 1.165) is 32.1 Å².